The van der Waals surface area contributed by atoms with Crippen LogP contribution in [0.25, 0.3) is 27.9 Å². The van der Waals surface area contributed by atoms with Crippen LogP contribution in [-0.4, -0.2) is 21.0 Å². The highest BCUT2D eigenvalue weighted by Crippen LogP contribution is 2.30. The van der Waals surface area contributed by atoms with Gasteiger partial charge in [-0.15, -0.1) is 0 Å². The third-order valence-corrected chi connectivity index (χ3v) is 3.51. The smallest absolute Gasteiger partial charge is 0.191 e. The van der Waals surface area contributed by atoms with E-state index in [0.29, 0.717) is 5.70 Å². The number of fused-ring (bicyclic) bond motifs is 1. The minimum absolute atomic E-state index is 0.00421. The van der Waals surface area contributed by atoms with Crippen molar-refractivity contribution in [3.63, 3.8) is 0 Å². The Bertz CT molecular complexity index is 920. The van der Waals surface area contributed by atoms with Gasteiger partial charge in [-0.25, -0.2) is 9.98 Å². The summed E-state index contributed by atoms with van der Waals surface area (Å²) in [5, 5.41) is 10.6. The SMILES string of the molecule is C/C=C(\N=C(N)N)c1c[nH]c2ncc(-c3cccc(O)c3)cc12. The number of guanidine groups is 1. The molecule has 0 amide bonds. The second-order valence-corrected chi connectivity index (χ2v) is 5.08. The van der Waals surface area contributed by atoms with Gasteiger partial charge < -0.3 is 21.6 Å². The molecule has 0 aliphatic rings. The van der Waals surface area contributed by atoms with Crippen LogP contribution in [0.1, 0.15) is 12.5 Å². The maximum Gasteiger partial charge on any atom is 0.191 e. The largest absolute Gasteiger partial charge is 0.508 e. The maximum atomic E-state index is 9.65. The van der Waals surface area contributed by atoms with Gasteiger partial charge in [0.25, 0.3) is 0 Å². The number of nitrogens with zero attached hydrogens (tertiary/aromatic N) is 2. The second-order valence-electron chi connectivity index (χ2n) is 5.08. The van der Waals surface area contributed by atoms with Gasteiger partial charge in [0.15, 0.2) is 5.96 Å². The summed E-state index contributed by atoms with van der Waals surface area (Å²) in [6.45, 7) is 1.87. The van der Waals surface area contributed by atoms with Crippen molar-refractivity contribution >= 4 is 22.7 Å². The monoisotopic (exact) mass is 307 g/mol. The zero-order chi connectivity index (χ0) is 16.4. The van der Waals surface area contributed by atoms with Crippen molar-refractivity contribution in [3.8, 4) is 16.9 Å². The molecule has 1 aromatic carbocycles. The van der Waals surface area contributed by atoms with Gasteiger partial charge >= 0.3 is 0 Å². The summed E-state index contributed by atoms with van der Waals surface area (Å²) in [6, 6.07) is 9.04. The summed E-state index contributed by atoms with van der Waals surface area (Å²) in [6.07, 6.45) is 5.42. The molecule has 2 aromatic heterocycles. The number of phenolic OH excluding ortho intramolecular Hbond substituents is 1. The van der Waals surface area contributed by atoms with E-state index in [4.69, 9.17) is 11.5 Å². The fourth-order valence-electron chi connectivity index (χ4n) is 2.48. The lowest BCUT2D eigenvalue weighted by Gasteiger charge is -2.04. The average molecular weight is 307 g/mol. The summed E-state index contributed by atoms with van der Waals surface area (Å²) in [4.78, 5) is 11.7. The summed E-state index contributed by atoms with van der Waals surface area (Å²) >= 11 is 0. The third-order valence-electron chi connectivity index (χ3n) is 3.51. The highest BCUT2D eigenvalue weighted by atomic mass is 16.3. The molecule has 0 spiro atoms. The summed E-state index contributed by atoms with van der Waals surface area (Å²) in [5.74, 6) is 0.219. The molecule has 2 heterocycles. The number of allylic oxidation sites excluding steroid dienone is 1. The van der Waals surface area contributed by atoms with Crippen LogP contribution in [0.2, 0.25) is 0 Å². The fourth-order valence-corrected chi connectivity index (χ4v) is 2.48. The Morgan fingerprint density at radius 3 is 2.78 bits per heavy atom. The van der Waals surface area contributed by atoms with Crippen LogP contribution in [0.3, 0.4) is 0 Å². The Morgan fingerprint density at radius 2 is 2.09 bits per heavy atom. The van der Waals surface area contributed by atoms with Crippen LogP contribution >= 0.6 is 0 Å². The number of hydrogen-bond acceptors (Lipinski definition) is 3. The van der Waals surface area contributed by atoms with E-state index in [1.54, 1.807) is 24.4 Å². The maximum absolute atomic E-state index is 9.65. The van der Waals surface area contributed by atoms with E-state index in [0.717, 1.165) is 27.7 Å². The first kappa shape index (κ1) is 14.6. The Balaban J connectivity index is 2.16. The van der Waals surface area contributed by atoms with E-state index >= 15 is 0 Å². The summed E-state index contributed by atoms with van der Waals surface area (Å²) in [5.41, 5.74) is 15.0. The molecule has 0 bridgehead atoms. The lowest BCUT2D eigenvalue weighted by Crippen LogP contribution is -2.22. The van der Waals surface area contributed by atoms with Crippen molar-refractivity contribution in [1.29, 1.82) is 0 Å². The van der Waals surface area contributed by atoms with Crippen molar-refractivity contribution in [2.45, 2.75) is 6.92 Å². The predicted octanol–water partition coefficient (Wildman–Crippen LogP) is 2.57. The van der Waals surface area contributed by atoms with Gasteiger partial charge in [-0.1, -0.05) is 18.2 Å². The number of hydrogen-bond donors (Lipinski definition) is 4. The van der Waals surface area contributed by atoms with Crippen LogP contribution in [0.5, 0.6) is 5.75 Å². The molecular formula is C17H17N5O. The van der Waals surface area contributed by atoms with E-state index in [9.17, 15) is 5.11 Å². The van der Waals surface area contributed by atoms with Crippen LogP contribution in [0.15, 0.2) is 53.8 Å². The van der Waals surface area contributed by atoms with Crippen LogP contribution in [0, 0.1) is 0 Å². The molecule has 0 unspecified atom stereocenters. The van der Waals surface area contributed by atoms with Gasteiger partial charge in [0.1, 0.15) is 11.4 Å². The number of rotatable bonds is 3. The van der Waals surface area contributed by atoms with Crippen LogP contribution in [0.4, 0.5) is 0 Å². The lowest BCUT2D eigenvalue weighted by molar-refractivity contribution is 0.475. The quantitative estimate of drug-likeness (QED) is 0.440. The molecular weight excluding hydrogens is 290 g/mol. The highest BCUT2D eigenvalue weighted by molar-refractivity contribution is 5.95. The molecule has 0 aliphatic carbocycles. The first-order valence-electron chi connectivity index (χ1n) is 7.11. The molecule has 0 atom stereocenters. The van der Waals surface area contributed by atoms with Crippen molar-refractivity contribution in [1.82, 2.24) is 9.97 Å². The normalized spacial score (nSPS) is 11.6. The molecule has 3 rings (SSSR count). The number of pyridine rings is 1. The molecule has 23 heavy (non-hydrogen) atoms. The number of aliphatic imine (C=N–C) groups is 1. The Labute approximate surface area is 133 Å². The van der Waals surface area contributed by atoms with E-state index in [1.807, 2.05) is 31.3 Å². The number of nitrogens with one attached hydrogen (secondary N) is 1. The summed E-state index contributed by atoms with van der Waals surface area (Å²) < 4.78 is 0. The van der Waals surface area contributed by atoms with Gasteiger partial charge in [0.05, 0.1) is 5.70 Å². The second kappa shape index (κ2) is 5.84. The molecule has 0 radical (unpaired) electrons. The van der Waals surface area contributed by atoms with Crippen molar-refractivity contribution < 1.29 is 5.11 Å². The molecule has 0 fully saturated rings. The van der Waals surface area contributed by atoms with E-state index in [2.05, 4.69) is 15.0 Å². The van der Waals surface area contributed by atoms with Gasteiger partial charge in [0.2, 0.25) is 0 Å². The molecule has 0 saturated carbocycles. The summed E-state index contributed by atoms with van der Waals surface area (Å²) in [7, 11) is 0. The first-order valence-corrected chi connectivity index (χ1v) is 7.11. The van der Waals surface area contributed by atoms with E-state index < -0.39 is 0 Å². The third kappa shape index (κ3) is 2.87. The van der Waals surface area contributed by atoms with Crippen LogP contribution in [-0.2, 0) is 0 Å². The van der Waals surface area contributed by atoms with Gasteiger partial charge in [-0.3, -0.25) is 0 Å². The van der Waals surface area contributed by atoms with Gasteiger partial charge in [0, 0.05) is 28.9 Å². The fraction of sp³-hybridized carbons (Fsp3) is 0.0588. The Morgan fingerprint density at radius 1 is 1.26 bits per heavy atom. The molecule has 6 N–H and O–H groups in total. The first-order chi connectivity index (χ1) is 11.1. The van der Waals surface area contributed by atoms with Crippen molar-refractivity contribution in [2.75, 3.05) is 0 Å². The zero-order valence-corrected chi connectivity index (χ0v) is 12.6. The van der Waals surface area contributed by atoms with Gasteiger partial charge in [-0.05, 0) is 30.7 Å². The number of aromatic nitrogens is 2. The average Bonchev–Trinajstić information content (AvgIpc) is 2.95. The molecule has 6 heteroatoms. The molecule has 6 nitrogen and oxygen atoms in total. The Hall–Kier alpha value is -3.28. The van der Waals surface area contributed by atoms with Crippen molar-refractivity contribution in [3.05, 3.63) is 54.4 Å². The van der Waals surface area contributed by atoms with E-state index in [1.165, 1.54) is 0 Å². The predicted molar refractivity (Wildman–Crippen MR) is 92.7 cm³/mol. The lowest BCUT2D eigenvalue weighted by atomic mass is 10.0. The molecule has 0 saturated heterocycles. The topological polar surface area (TPSA) is 113 Å². The molecule has 3 aromatic rings. The van der Waals surface area contributed by atoms with E-state index in [-0.39, 0.29) is 11.7 Å². The number of phenols is 1. The van der Waals surface area contributed by atoms with Gasteiger partial charge in [-0.2, -0.15) is 0 Å². The molecule has 0 aliphatic heterocycles. The number of benzene rings is 1. The standard InChI is InChI=1S/C17H17N5O/c1-2-15(22-17(18)19)14-9-21-16-13(14)7-11(8-20-16)10-4-3-5-12(23)6-10/h2-9,23H,1H3,(H,20,21)(H4,18,19,22)/b15-2-. The highest BCUT2D eigenvalue weighted by Gasteiger charge is 2.10. The number of H-pyrrole nitrogens is 1. The Kier molecular flexibility index (Phi) is 3.72. The number of aromatic hydroxyl groups is 1. The van der Waals surface area contributed by atoms with Crippen molar-refractivity contribution in [2.24, 2.45) is 16.5 Å². The molecule has 116 valence electrons. The number of aromatic amines is 1. The number of nitrogens with two attached hydrogens (primary N) is 2. The zero-order valence-electron chi connectivity index (χ0n) is 12.6. The van der Waals surface area contributed by atoms with Crippen LogP contribution < -0.4 is 11.5 Å². The minimum atomic E-state index is 0.00421. The minimum Gasteiger partial charge on any atom is -0.508 e.